The number of rotatable bonds is 7. The largest absolute Gasteiger partial charge is 0.452 e. The molecular formula is C28H37B3O12P2. The van der Waals surface area contributed by atoms with Gasteiger partial charge >= 0.3 is 26.6 Å². The maximum Gasteiger partial charge on any atom is 0.438 e. The first-order valence-electron chi connectivity index (χ1n) is 15.1. The van der Waals surface area contributed by atoms with Crippen LogP contribution in [-0.4, -0.2) is 83.8 Å². The predicted molar refractivity (Wildman–Crippen MR) is 170 cm³/mol. The van der Waals surface area contributed by atoms with Gasteiger partial charge in [-0.25, -0.2) is 18.7 Å². The second kappa shape index (κ2) is 14.7. The monoisotopic (exact) mass is 660 g/mol. The standard InChI is InChI=1S/C28H37B3O12P2/c1-17-23-21(40-25(17)29)15-38-45(35,28(33)37-14-20-11-7-4-8-12-20)43-24-18(2)26(31-30)41-22(24)16-39-44(34,42-23)27(32)36-13-19-9-5-3-6-10-19/h3-12,17-18,21-26,31H,13-16,29-30H2,1-2H3/t17-,18-,21-,22-,23+,24+,25?,26-,44?,45?/m1/s1. The minimum Gasteiger partial charge on any atom is -0.452 e. The topological polar surface area (TPSA) is 142 Å². The second-order valence-electron chi connectivity index (χ2n) is 11.5. The molecule has 3 saturated heterocycles. The summed E-state index contributed by atoms with van der Waals surface area (Å²) in [7, 11) is -5.00. The van der Waals surface area contributed by atoms with Gasteiger partial charge in [-0.15, -0.1) is 0 Å². The summed E-state index contributed by atoms with van der Waals surface area (Å²) in [6.45, 7) is 2.42. The van der Waals surface area contributed by atoms with E-state index in [9.17, 15) is 18.7 Å². The maximum atomic E-state index is 14.2. The lowest BCUT2D eigenvalue weighted by Gasteiger charge is -2.31. The van der Waals surface area contributed by atoms with Gasteiger partial charge in [0.05, 0.1) is 21.0 Å². The van der Waals surface area contributed by atoms with Crippen LogP contribution < -0.4 is 0 Å². The van der Waals surface area contributed by atoms with E-state index in [1.54, 1.807) is 63.3 Å². The van der Waals surface area contributed by atoms with Crippen LogP contribution in [0.4, 0.5) is 9.59 Å². The molecule has 3 unspecified atom stereocenters. The number of carbonyl (C=O) groups is 2. The zero-order chi connectivity index (χ0) is 32.2. The zero-order valence-electron chi connectivity index (χ0n) is 25.7. The number of fused-ring (bicyclic) bond motifs is 2. The van der Waals surface area contributed by atoms with Crippen LogP contribution >= 0.6 is 15.2 Å². The van der Waals surface area contributed by atoms with Crippen LogP contribution in [-0.2, 0) is 59.4 Å². The van der Waals surface area contributed by atoms with Gasteiger partial charge in [-0.3, -0.25) is 18.1 Å². The number of carbonyl (C=O) groups excluding carboxylic acids is 2. The lowest BCUT2D eigenvalue weighted by Crippen LogP contribution is -2.37. The van der Waals surface area contributed by atoms with Gasteiger partial charge < -0.3 is 18.9 Å². The van der Waals surface area contributed by atoms with Gasteiger partial charge in [-0.05, 0) is 11.1 Å². The molecule has 2 aromatic rings. The molecule has 45 heavy (non-hydrogen) atoms. The highest BCUT2D eigenvalue weighted by Crippen LogP contribution is 2.58. The molecule has 240 valence electrons. The number of benzene rings is 2. The molecule has 0 amide bonds. The van der Waals surface area contributed by atoms with Crippen molar-refractivity contribution < 1.29 is 55.8 Å². The summed E-state index contributed by atoms with van der Waals surface area (Å²) in [5.41, 5.74) is -0.958. The van der Waals surface area contributed by atoms with Crippen LogP contribution in [0.15, 0.2) is 60.7 Å². The van der Waals surface area contributed by atoms with Crippen LogP contribution in [0, 0.1) is 11.8 Å². The van der Waals surface area contributed by atoms with Crippen LogP contribution in [0.25, 0.3) is 0 Å². The molecule has 5 rings (SSSR count). The van der Waals surface area contributed by atoms with E-state index in [-0.39, 0.29) is 25.1 Å². The highest BCUT2D eigenvalue weighted by molar-refractivity contribution is 7.71. The Morgan fingerprint density at radius 2 is 1.22 bits per heavy atom. The van der Waals surface area contributed by atoms with Crippen molar-refractivity contribution in [1.29, 1.82) is 0 Å². The van der Waals surface area contributed by atoms with E-state index in [0.717, 1.165) is 0 Å². The fraction of sp³-hybridized carbons (Fsp3) is 0.500. The molecule has 2 aromatic carbocycles. The molecule has 3 aliphatic heterocycles. The van der Waals surface area contributed by atoms with Gasteiger partial charge in [0.25, 0.3) is 0 Å². The molecule has 3 aliphatic rings. The minimum atomic E-state index is -4.62. The Balaban J connectivity index is 1.43. The third kappa shape index (κ3) is 7.85. The average molecular weight is 660 g/mol. The summed E-state index contributed by atoms with van der Waals surface area (Å²) in [5.74, 6) is -0.781. The Kier molecular flexibility index (Phi) is 11.1. The molecule has 0 aromatic heterocycles. The van der Waals surface area contributed by atoms with E-state index in [2.05, 4.69) is 0 Å². The van der Waals surface area contributed by atoms with Gasteiger partial charge in [0, 0.05) is 23.8 Å². The van der Waals surface area contributed by atoms with E-state index in [1.807, 2.05) is 26.8 Å². The van der Waals surface area contributed by atoms with Crippen LogP contribution in [0.2, 0.25) is 0 Å². The van der Waals surface area contributed by atoms with Gasteiger partial charge in [0.15, 0.2) is 0 Å². The number of hydrogen-bond donors (Lipinski definition) is 0. The molecule has 12 nitrogen and oxygen atoms in total. The Bertz CT molecular complexity index is 1420. The summed E-state index contributed by atoms with van der Waals surface area (Å²) in [5, 5.41) is 0. The number of hydrogen-bond acceptors (Lipinski definition) is 12. The SMILES string of the molecule is BB[C@@H]1O[C@@H]2COP(=O)(C(=O)OCc3ccccc3)O[C@@H]3[C@@H](COP(=O)(C(=O)OCc4ccccc4)O[C@H]2[C@H]1C)OC(B)[C@@H]3C. The molecular weight excluding hydrogens is 623 g/mol. The van der Waals surface area contributed by atoms with Crippen LogP contribution in [0.5, 0.6) is 0 Å². The van der Waals surface area contributed by atoms with Gasteiger partial charge in [0.2, 0.25) is 0 Å². The van der Waals surface area contributed by atoms with E-state index in [1.165, 1.54) is 0 Å². The molecule has 3 heterocycles. The van der Waals surface area contributed by atoms with E-state index in [0.29, 0.717) is 18.3 Å². The summed E-state index contributed by atoms with van der Waals surface area (Å²) < 4.78 is 75.0. The third-order valence-electron chi connectivity index (χ3n) is 8.43. The zero-order valence-corrected chi connectivity index (χ0v) is 27.5. The third-order valence-corrected chi connectivity index (χ3v) is 11.6. The highest BCUT2D eigenvalue weighted by Gasteiger charge is 2.54. The normalized spacial score (nSPS) is 36.8. The molecule has 3 fully saturated rings. The summed E-state index contributed by atoms with van der Waals surface area (Å²) in [6, 6.07) is 17.0. The first-order chi connectivity index (χ1) is 21.5. The van der Waals surface area contributed by atoms with Crippen molar-refractivity contribution in [3.05, 3.63) is 71.8 Å². The molecule has 0 radical (unpaired) electrons. The fourth-order valence-electron chi connectivity index (χ4n) is 5.64. The van der Waals surface area contributed by atoms with Gasteiger partial charge in [-0.2, -0.15) is 0 Å². The summed E-state index contributed by atoms with van der Waals surface area (Å²) >= 11 is 0. The second-order valence-corrected chi connectivity index (χ2v) is 15.2. The van der Waals surface area contributed by atoms with E-state index >= 15 is 0 Å². The van der Waals surface area contributed by atoms with Crippen molar-refractivity contribution in [3.8, 4) is 0 Å². The first-order valence-corrected chi connectivity index (χ1v) is 18.2. The van der Waals surface area contributed by atoms with E-state index < -0.39 is 76.2 Å². The minimum absolute atomic E-state index is 0.148. The van der Waals surface area contributed by atoms with E-state index in [4.69, 9.17) is 37.0 Å². The van der Waals surface area contributed by atoms with Gasteiger partial charge in [0.1, 0.15) is 52.6 Å². The van der Waals surface area contributed by atoms with Crippen LogP contribution in [0.1, 0.15) is 25.0 Å². The summed E-state index contributed by atoms with van der Waals surface area (Å²) in [4.78, 5) is 26.7. The van der Waals surface area contributed by atoms with Crippen molar-refractivity contribution in [3.63, 3.8) is 0 Å². The molecule has 0 saturated carbocycles. The fourth-order valence-corrected chi connectivity index (χ4v) is 8.57. The van der Waals surface area contributed by atoms with Crippen molar-refractivity contribution in [1.82, 2.24) is 0 Å². The van der Waals surface area contributed by atoms with Crippen molar-refractivity contribution >= 4 is 49.4 Å². The lowest BCUT2D eigenvalue weighted by atomic mass is 9.49. The van der Waals surface area contributed by atoms with Crippen molar-refractivity contribution in [2.24, 2.45) is 11.8 Å². The first kappa shape index (κ1) is 34.1. The Morgan fingerprint density at radius 3 is 1.69 bits per heavy atom. The predicted octanol–water partition coefficient (Wildman–Crippen LogP) is 3.20. The molecule has 0 spiro atoms. The maximum absolute atomic E-state index is 14.2. The molecule has 0 aliphatic carbocycles. The van der Waals surface area contributed by atoms with Crippen molar-refractivity contribution in [2.75, 3.05) is 13.2 Å². The quantitative estimate of drug-likeness (QED) is 0.318. The Hall–Kier alpha value is -2.21. The molecule has 0 bridgehead atoms. The number of ether oxygens (including phenoxy) is 4. The summed E-state index contributed by atoms with van der Waals surface area (Å²) in [6.07, 6.45) is -3.97. The van der Waals surface area contributed by atoms with Crippen LogP contribution in [0.3, 0.4) is 0 Å². The average Bonchev–Trinajstić information content (AvgIpc) is 3.49. The molecule has 10 atom stereocenters. The Labute approximate surface area is 265 Å². The lowest BCUT2D eigenvalue weighted by molar-refractivity contribution is -0.0280. The highest BCUT2D eigenvalue weighted by atomic mass is 31.2. The van der Waals surface area contributed by atoms with Gasteiger partial charge in [-0.1, -0.05) is 74.5 Å². The van der Waals surface area contributed by atoms with Crippen molar-refractivity contribution in [2.45, 2.75) is 63.5 Å². The smallest absolute Gasteiger partial charge is 0.438 e. The molecule has 17 heteroatoms. The molecule has 0 N–H and O–H groups in total. The Morgan fingerprint density at radius 1 is 0.778 bits per heavy atom.